The summed E-state index contributed by atoms with van der Waals surface area (Å²) in [5.74, 6) is 1.78. The fraction of sp³-hybridized carbons (Fsp3) is 0.391. The molecule has 0 aliphatic heterocycles. The second-order valence-corrected chi connectivity index (χ2v) is 9.38. The fourth-order valence-corrected chi connectivity index (χ4v) is 4.84. The molecule has 1 saturated carbocycles. The van der Waals surface area contributed by atoms with Gasteiger partial charge in [-0.25, -0.2) is 4.98 Å². The molecule has 0 bridgehead atoms. The summed E-state index contributed by atoms with van der Waals surface area (Å²) in [6.07, 6.45) is 4.47. The van der Waals surface area contributed by atoms with Gasteiger partial charge < -0.3 is 14.6 Å². The van der Waals surface area contributed by atoms with Crippen LogP contribution < -0.4 is 10.1 Å². The van der Waals surface area contributed by atoms with Crippen molar-refractivity contribution >= 4 is 35.1 Å². The van der Waals surface area contributed by atoms with Gasteiger partial charge in [0.05, 0.1) is 11.3 Å². The van der Waals surface area contributed by atoms with Crippen LogP contribution in [0, 0.1) is 25.2 Å². The zero-order valence-electron chi connectivity index (χ0n) is 18.5. The summed E-state index contributed by atoms with van der Waals surface area (Å²) < 4.78 is 7.79. The minimum atomic E-state index is -0.197. The van der Waals surface area contributed by atoms with E-state index in [9.17, 15) is 10.1 Å². The van der Waals surface area contributed by atoms with E-state index in [4.69, 9.17) is 16.3 Å². The molecule has 1 aliphatic rings. The summed E-state index contributed by atoms with van der Waals surface area (Å²) in [5.41, 5.74) is 2.50. The first-order valence-electron chi connectivity index (χ1n) is 10.8. The van der Waals surface area contributed by atoms with E-state index in [0.29, 0.717) is 39.2 Å². The molecule has 1 fully saturated rings. The number of nitrogens with zero attached hydrogens (tertiary/aromatic N) is 4. The third kappa shape index (κ3) is 5.34. The standard InChI is InChI=1S/C23H25ClN6O2S/c1-14-15(2)30(17-5-3-4-6-17)22(19(14)11-25)27-21(31)13-33-23-26-20(28-29-23)12-32-18-9-7-16(24)8-10-18/h7-10,17H,3-6,12-13H2,1-2H3,(H,27,31)(H,26,28,29). The molecule has 2 heterocycles. The third-order valence-electron chi connectivity index (χ3n) is 5.85. The normalized spacial score (nSPS) is 13.8. The number of carbonyl (C=O) groups is 1. The first-order chi connectivity index (χ1) is 16.0. The van der Waals surface area contributed by atoms with Crippen molar-refractivity contribution < 1.29 is 9.53 Å². The molecule has 172 valence electrons. The average molecular weight is 485 g/mol. The lowest BCUT2D eigenvalue weighted by Gasteiger charge is -2.19. The third-order valence-corrected chi connectivity index (χ3v) is 6.95. The molecule has 0 saturated heterocycles. The van der Waals surface area contributed by atoms with E-state index in [1.165, 1.54) is 24.6 Å². The molecule has 3 aromatic rings. The number of hydrogen-bond donors (Lipinski definition) is 2. The number of halogens is 1. The van der Waals surface area contributed by atoms with Crippen molar-refractivity contribution in [2.24, 2.45) is 0 Å². The van der Waals surface area contributed by atoms with Crippen molar-refractivity contribution in [1.82, 2.24) is 19.7 Å². The maximum Gasteiger partial charge on any atom is 0.235 e. The predicted octanol–water partition coefficient (Wildman–Crippen LogP) is 5.17. The minimum Gasteiger partial charge on any atom is -0.486 e. The zero-order valence-corrected chi connectivity index (χ0v) is 20.1. The van der Waals surface area contributed by atoms with Gasteiger partial charge in [0.15, 0.2) is 5.82 Å². The molecular weight excluding hydrogens is 460 g/mol. The average Bonchev–Trinajstić information content (AvgIpc) is 3.54. The summed E-state index contributed by atoms with van der Waals surface area (Å²) in [4.78, 5) is 17.1. The lowest BCUT2D eigenvalue weighted by Crippen LogP contribution is -2.19. The summed E-state index contributed by atoms with van der Waals surface area (Å²) >= 11 is 7.10. The lowest BCUT2D eigenvalue weighted by molar-refractivity contribution is -0.113. The highest BCUT2D eigenvalue weighted by Gasteiger charge is 2.26. The smallest absolute Gasteiger partial charge is 0.235 e. The first kappa shape index (κ1) is 23.2. The summed E-state index contributed by atoms with van der Waals surface area (Å²) in [6, 6.07) is 9.65. The topological polar surface area (TPSA) is 109 Å². The van der Waals surface area contributed by atoms with Crippen LogP contribution in [0.4, 0.5) is 5.82 Å². The Morgan fingerprint density at radius 1 is 1.33 bits per heavy atom. The number of H-pyrrole nitrogens is 1. The Morgan fingerprint density at radius 2 is 2.06 bits per heavy atom. The molecular formula is C23H25ClN6O2S. The largest absolute Gasteiger partial charge is 0.486 e. The minimum absolute atomic E-state index is 0.133. The van der Waals surface area contributed by atoms with Gasteiger partial charge in [0.1, 0.15) is 24.2 Å². The Morgan fingerprint density at radius 3 is 2.76 bits per heavy atom. The molecule has 4 rings (SSSR count). The number of benzene rings is 1. The number of hydrogen-bond acceptors (Lipinski definition) is 6. The predicted molar refractivity (Wildman–Crippen MR) is 128 cm³/mol. The van der Waals surface area contributed by atoms with E-state index in [-0.39, 0.29) is 18.3 Å². The monoisotopic (exact) mass is 484 g/mol. The molecule has 10 heteroatoms. The molecule has 2 aromatic heterocycles. The van der Waals surface area contributed by atoms with Gasteiger partial charge in [0, 0.05) is 16.8 Å². The van der Waals surface area contributed by atoms with E-state index >= 15 is 0 Å². The van der Waals surface area contributed by atoms with Gasteiger partial charge in [-0.05, 0) is 56.5 Å². The van der Waals surface area contributed by atoms with Gasteiger partial charge in [0.25, 0.3) is 0 Å². The number of ether oxygens (including phenoxy) is 1. The second kappa shape index (κ2) is 10.3. The highest BCUT2D eigenvalue weighted by molar-refractivity contribution is 7.99. The van der Waals surface area contributed by atoms with Crippen molar-refractivity contribution in [2.45, 2.75) is 57.3 Å². The van der Waals surface area contributed by atoms with Crippen LogP contribution >= 0.6 is 23.4 Å². The second-order valence-electron chi connectivity index (χ2n) is 8.00. The van der Waals surface area contributed by atoms with Crippen molar-refractivity contribution in [3.8, 4) is 11.8 Å². The van der Waals surface area contributed by atoms with Gasteiger partial charge >= 0.3 is 0 Å². The number of aromatic nitrogens is 4. The molecule has 1 aromatic carbocycles. The number of nitriles is 1. The van der Waals surface area contributed by atoms with E-state index in [1.54, 1.807) is 24.3 Å². The molecule has 33 heavy (non-hydrogen) atoms. The molecule has 0 unspecified atom stereocenters. The van der Waals surface area contributed by atoms with E-state index < -0.39 is 0 Å². The number of nitrogens with one attached hydrogen (secondary N) is 2. The van der Waals surface area contributed by atoms with E-state index in [1.807, 2.05) is 13.8 Å². The molecule has 0 spiro atoms. The number of rotatable bonds is 8. The number of amides is 1. The Bertz CT molecular complexity index is 1180. The number of aromatic amines is 1. The van der Waals surface area contributed by atoms with Crippen LogP contribution in [0.25, 0.3) is 0 Å². The van der Waals surface area contributed by atoms with Gasteiger partial charge in [-0.2, -0.15) is 5.26 Å². The summed E-state index contributed by atoms with van der Waals surface area (Å²) in [6.45, 7) is 4.17. The van der Waals surface area contributed by atoms with E-state index in [0.717, 1.165) is 24.1 Å². The highest BCUT2D eigenvalue weighted by Crippen LogP contribution is 2.37. The lowest BCUT2D eigenvalue weighted by atomic mass is 10.2. The molecule has 0 atom stereocenters. The van der Waals surface area contributed by atoms with Gasteiger partial charge in [-0.15, -0.1) is 5.10 Å². The van der Waals surface area contributed by atoms with Crippen LogP contribution in [0.3, 0.4) is 0 Å². The highest BCUT2D eigenvalue weighted by atomic mass is 35.5. The molecule has 1 amide bonds. The number of thioether (sulfide) groups is 1. The van der Waals surface area contributed by atoms with Crippen LogP contribution in [-0.2, 0) is 11.4 Å². The quantitative estimate of drug-likeness (QED) is 0.427. The Kier molecular flexibility index (Phi) is 7.26. The van der Waals surface area contributed by atoms with Gasteiger partial charge in [-0.3, -0.25) is 9.89 Å². The van der Waals surface area contributed by atoms with Gasteiger partial charge in [-0.1, -0.05) is 36.2 Å². The van der Waals surface area contributed by atoms with Crippen LogP contribution in [0.2, 0.25) is 5.02 Å². The Balaban J connectivity index is 1.36. The molecule has 8 nitrogen and oxygen atoms in total. The summed E-state index contributed by atoms with van der Waals surface area (Å²) in [5, 5.41) is 20.7. The SMILES string of the molecule is Cc1c(C#N)c(NC(=O)CSc2n[nH]c(COc3ccc(Cl)cc3)n2)n(C2CCCC2)c1C. The molecule has 1 aliphatic carbocycles. The van der Waals surface area contributed by atoms with Crippen molar-refractivity contribution in [3.63, 3.8) is 0 Å². The number of carbonyl (C=O) groups excluding carboxylic acids is 1. The van der Waals surface area contributed by atoms with Crippen LogP contribution in [0.1, 0.15) is 54.4 Å². The zero-order chi connectivity index (χ0) is 23.4. The number of anilines is 1. The van der Waals surface area contributed by atoms with E-state index in [2.05, 4.69) is 31.1 Å². The Hall–Kier alpha value is -2.96. The van der Waals surface area contributed by atoms with Crippen molar-refractivity contribution in [3.05, 3.63) is 51.9 Å². The van der Waals surface area contributed by atoms with Gasteiger partial charge in [0.2, 0.25) is 11.1 Å². The molecule has 0 radical (unpaired) electrons. The van der Waals surface area contributed by atoms with Crippen LogP contribution in [0.5, 0.6) is 5.75 Å². The summed E-state index contributed by atoms with van der Waals surface area (Å²) in [7, 11) is 0. The first-order valence-corrected chi connectivity index (χ1v) is 12.2. The van der Waals surface area contributed by atoms with Crippen LogP contribution in [-0.4, -0.2) is 31.4 Å². The van der Waals surface area contributed by atoms with Crippen LogP contribution in [0.15, 0.2) is 29.4 Å². The van der Waals surface area contributed by atoms with Crippen molar-refractivity contribution in [1.29, 1.82) is 5.26 Å². The van der Waals surface area contributed by atoms with Crippen molar-refractivity contribution in [2.75, 3.05) is 11.1 Å². The maximum absolute atomic E-state index is 12.7. The maximum atomic E-state index is 12.7. The Labute approximate surface area is 201 Å². The fourth-order valence-electron chi connectivity index (χ4n) is 4.09. The molecule has 2 N–H and O–H groups in total.